The van der Waals surface area contributed by atoms with Gasteiger partial charge in [-0.15, -0.1) is 11.8 Å². The fraction of sp³-hybridized carbons (Fsp3) is 0.409. The number of carbonyl (C=O) groups excluding carboxylic acids is 1. The van der Waals surface area contributed by atoms with E-state index in [0.29, 0.717) is 6.54 Å². The van der Waals surface area contributed by atoms with Crippen LogP contribution in [0.3, 0.4) is 0 Å². The number of para-hydroxylation sites is 1. The highest BCUT2D eigenvalue weighted by Crippen LogP contribution is 2.19. The van der Waals surface area contributed by atoms with Gasteiger partial charge in [-0.25, -0.2) is 4.39 Å². The number of hydrogen-bond donors (Lipinski definition) is 3. The number of quaternary nitrogens is 2. The zero-order chi connectivity index (χ0) is 19.9. The smallest absolute Gasteiger partial charge is 0.279 e. The number of nitrogens with one attached hydrogen (secondary N) is 3. The number of carbonyl (C=O) groups is 1. The molecule has 28 heavy (non-hydrogen) atoms. The molecule has 0 radical (unpaired) electrons. The second-order valence-electron chi connectivity index (χ2n) is 7.54. The molecule has 0 aliphatic carbocycles. The van der Waals surface area contributed by atoms with E-state index in [2.05, 4.69) is 5.32 Å². The topological polar surface area (TPSA) is 38.0 Å². The van der Waals surface area contributed by atoms with Gasteiger partial charge in [-0.3, -0.25) is 4.79 Å². The van der Waals surface area contributed by atoms with E-state index >= 15 is 0 Å². The molecule has 1 fully saturated rings. The van der Waals surface area contributed by atoms with Gasteiger partial charge >= 0.3 is 0 Å². The lowest BCUT2D eigenvalue weighted by Gasteiger charge is -2.29. The van der Waals surface area contributed by atoms with Crippen molar-refractivity contribution in [1.82, 2.24) is 0 Å². The highest BCUT2D eigenvalue weighted by molar-refractivity contribution is 7.99. The van der Waals surface area contributed by atoms with Gasteiger partial charge in [0, 0.05) is 16.3 Å². The Morgan fingerprint density at radius 1 is 1.00 bits per heavy atom. The van der Waals surface area contributed by atoms with E-state index in [9.17, 15) is 9.18 Å². The standard InChI is InChI=1S/C22H28FN3OS/c1-17-4-3-5-18(2)22(17)24-21(27)16-26-12-10-25(11-13-26)14-15-28-20-8-6-19(23)7-9-20/h3-9H,10-16H2,1-2H3,(H,24,27)/p+2. The second-order valence-corrected chi connectivity index (χ2v) is 8.71. The van der Waals surface area contributed by atoms with Crippen LogP contribution in [0, 0.1) is 19.7 Å². The van der Waals surface area contributed by atoms with Crippen LogP contribution in [0.15, 0.2) is 47.4 Å². The molecule has 0 aromatic heterocycles. The lowest BCUT2D eigenvalue weighted by Crippen LogP contribution is -3.28. The van der Waals surface area contributed by atoms with Crippen molar-refractivity contribution in [2.45, 2.75) is 18.7 Å². The monoisotopic (exact) mass is 403 g/mol. The van der Waals surface area contributed by atoms with E-state index in [4.69, 9.17) is 0 Å². The summed E-state index contributed by atoms with van der Waals surface area (Å²) >= 11 is 1.78. The molecule has 4 nitrogen and oxygen atoms in total. The summed E-state index contributed by atoms with van der Waals surface area (Å²) in [5, 5.41) is 3.10. The molecule has 0 spiro atoms. The molecular formula is C22H30FN3OS+2. The Bertz CT molecular complexity index is 769. The summed E-state index contributed by atoms with van der Waals surface area (Å²) in [6, 6.07) is 12.8. The van der Waals surface area contributed by atoms with E-state index in [0.717, 1.165) is 60.2 Å². The molecule has 3 rings (SSSR count). The van der Waals surface area contributed by atoms with E-state index in [-0.39, 0.29) is 11.7 Å². The molecule has 6 heteroatoms. The summed E-state index contributed by atoms with van der Waals surface area (Å²) in [6.45, 7) is 9.93. The van der Waals surface area contributed by atoms with Gasteiger partial charge in [0.15, 0.2) is 6.54 Å². The van der Waals surface area contributed by atoms with E-state index in [1.54, 1.807) is 16.7 Å². The maximum Gasteiger partial charge on any atom is 0.279 e. The van der Waals surface area contributed by atoms with Crippen LogP contribution in [0.25, 0.3) is 0 Å². The summed E-state index contributed by atoms with van der Waals surface area (Å²) < 4.78 is 12.9. The van der Waals surface area contributed by atoms with Crippen LogP contribution in [0.5, 0.6) is 0 Å². The average molecular weight is 404 g/mol. The van der Waals surface area contributed by atoms with Crippen LogP contribution in [0.1, 0.15) is 11.1 Å². The number of hydrogen-bond acceptors (Lipinski definition) is 2. The van der Waals surface area contributed by atoms with E-state index in [1.807, 2.05) is 44.2 Å². The molecule has 2 aromatic carbocycles. The number of thioether (sulfide) groups is 1. The third-order valence-electron chi connectivity index (χ3n) is 5.36. The highest BCUT2D eigenvalue weighted by atomic mass is 32.2. The number of halogens is 1. The SMILES string of the molecule is Cc1cccc(C)c1NC(=O)C[NH+]1CC[NH+](CCSc2ccc(F)cc2)CC1. The second kappa shape index (κ2) is 10.0. The molecule has 2 aromatic rings. The summed E-state index contributed by atoms with van der Waals surface area (Å²) in [5.74, 6) is 0.946. The number of aryl methyl sites for hydroxylation is 2. The molecule has 1 saturated heterocycles. The maximum absolute atomic E-state index is 12.9. The van der Waals surface area contributed by atoms with Crippen molar-refractivity contribution < 1.29 is 19.0 Å². The Morgan fingerprint density at radius 3 is 2.25 bits per heavy atom. The predicted octanol–water partition coefficient (Wildman–Crippen LogP) is 0.957. The van der Waals surface area contributed by atoms with Crippen molar-refractivity contribution in [2.24, 2.45) is 0 Å². The van der Waals surface area contributed by atoms with Crippen LogP contribution < -0.4 is 15.1 Å². The Hall–Kier alpha value is -1.89. The van der Waals surface area contributed by atoms with Crippen molar-refractivity contribution in [3.05, 3.63) is 59.4 Å². The summed E-state index contributed by atoms with van der Waals surface area (Å²) in [4.78, 5) is 16.5. The lowest BCUT2D eigenvalue weighted by molar-refractivity contribution is -1.01. The maximum atomic E-state index is 12.9. The van der Waals surface area contributed by atoms with E-state index < -0.39 is 0 Å². The van der Waals surface area contributed by atoms with Crippen LogP contribution in [-0.4, -0.2) is 50.9 Å². The first-order chi connectivity index (χ1) is 13.5. The molecule has 3 N–H and O–H groups in total. The van der Waals surface area contributed by atoms with Gasteiger partial charge in [0.2, 0.25) is 0 Å². The Balaban J connectivity index is 1.36. The van der Waals surface area contributed by atoms with Crippen molar-refractivity contribution in [3.63, 3.8) is 0 Å². The molecule has 1 heterocycles. The van der Waals surface area contributed by atoms with Crippen LogP contribution in [0.2, 0.25) is 0 Å². The van der Waals surface area contributed by atoms with Crippen molar-refractivity contribution in [3.8, 4) is 0 Å². The van der Waals surface area contributed by atoms with Gasteiger partial charge in [-0.2, -0.15) is 0 Å². The quantitative estimate of drug-likeness (QED) is 0.603. The Morgan fingerprint density at radius 2 is 1.61 bits per heavy atom. The highest BCUT2D eigenvalue weighted by Gasteiger charge is 2.24. The van der Waals surface area contributed by atoms with Gasteiger partial charge in [0.25, 0.3) is 5.91 Å². The largest absolute Gasteiger partial charge is 0.325 e. The van der Waals surface area contributed by atoms with Crippen LogP contribution in [-0.2, 0) is 4.79 Å². The van der Waals surface area contributed by atoms with Gasteiger partial charge in [-0.05, 0) is 49.2 Å². The van der Waals surface area contributed by atoms with Gasteiger partial charge in [0.05, 0.1) is 6.54 Å². The molecule has 1 aliphatic heterocycles. The Labute approximate surface area is 171 Å². The van der Waals surface area contributed by atoms with Crippen LogP contribution in [0.4, 0.5) is 10.1 Å². The van der Waals surface area contributed by atoms with E-state index in [1.165, 1.54) is 17.0 Å². The zero-order valence-electron chi connectivity index (χ0n) is 16.7. The summed E-state index contributed by atoms with van der Waals surface area (Å²) in [5.41, 5.74) is 3.17. The average Bonchev–Trinajstić information content (AvgIpc) is 2.68. The molecule has 1 aliphatic rings. The predicted molar refractivity (Wildman–Crippen MR) is 113 cm³/mol. The fourth-order valence-corrected chi connectivity index (χ4v) is 4.61. The van der Waals surface area contributed by atoms with Gasteiger partial charge < -0.3 is 15.1 Å². The Kier molecular flexibility index (Phi) is 7.48. The zero-order valence-corrected chi connectivity index (χ0v) is 17.5. The number of anilines is 1. The normalized spacial score (nSPS) is 19.4. The van der Waals surface area contributed by atoms with Crippen LogP contribution >= 0.6 is 11.8 Å². The molecule has 0 bridgehead atoms. The first-order valence-corrected chi connectivity index (χ1v) is 10.9. The molecule has 0 unspecified atom stereocenters. The van der Waals surface area contributed by atoms with Crippen molar-refractivity contribution in [1.29, 1.82) is 0 Å². The lowest BCUT2D eigenvalue weighted by atomic mass is 10.1. The van der Waals surface area contributed by atoms with Crippen molar-refractivity contribution in [2.75, 3.05) is 50.3 Å². The summed E-state index contributed by atoms with van der Waals surface area (Å²) in [7, 11) is 0. The number of rotatable bonds is 7. The molecule has 0 saturated carbocycles. The first kappa shape index (κ1) is 20.8. The third-order valence-corrected chi connectivity index (χ3v) is 6.37. The minimum Gasteiger partial charge on any atom is -0.325 e. The minimum atomic E-state index is -0.185. The van der Waals surface area contributed by atoms with Gasteiger partial charge in [0.1, 0.15) is 32.0 Å². The molecule has 150 valence electrons. The minimum absolute atomic E-state index is 0.0997. The number of piperazine rings is 1. The molecule has 0 atom stereocenters. The molecular weight excluding hydrogens is 373 g/mol. The third kappa shape index (κ3) is 6.06. The van der Waals surface area contributed by atoms with Crippen molar-refractivity contribution >= 4 is 23.4 Å². The number of amides is 1. The molecule has 1 amide bonds. The summed E-state index contributed by atoms with van der Waals surface area (Å²) in [6.07, 6.45) is 0. The number of benzene rings is 2. The van der Waals surface area contributed by atoms with Gasteiger partial charge in [-0.1, -0.05) is 18.2 Å². The first-order valence-electron chi connectivity index (χ1n) is 9.93. The fourth-order valence-electron chi connectivity index (χ4n) is 3.65.